The zero-order valence-corrected chi connectivity index (χ0v) is 10.8. The Balaban J connectivity index is 2.01. The number of aryl methyl sites for hydroxylation is 1. The highest BCUT2D eigenvalue weighted by Gasteiger charge is 2.11. The zero-order chi connectivity index (χ0) is 12.3. The van der Waals surface area contributed by atoms with Gasteiger partial charge in [0, 0.05) is 11.1 Å². The summed E-state index contributed by atoms with van der Waals surface area (Å²) in [6.45, 7) is 0. The zero-order valence-electron chi connectivity index (χ0n) is 9.20. The van der Waals surface area contributed by atoms with Gasteiger partial charge in [-0.15, -0.1) is 0 Å². The number of rotatable bonds is 4. The standard InChI is InChI=1S/C13H13ClFNS/c14-12-7-10(15)2-3-11(12)13(16)4-1-9-5-6-17-8-9/h2-3,5-8,13H,1,4,16H2. The average molecular weight is 270 g/mol. The predicted octanol–water partition coefficient (Wildman–Crippen LogP) is 4.17. The molecule has 1 atom stereocenters. The summed E-state index contributed by atoms with van der Waals surface area (Å²) in [5.74, 6) is -0.330. The summed E-state index contributed by atoms with van der Waals surface area (Å²) in [6, 6.07) is 6.30. The van der Waals surface area contributed by atoms with Gasteiger partial charge in [-0.2, -0.15) is 11.3 Å². The van der Waals surface area contributed by atoms with Crippen LogP contribution in [0.4, 0.5) is 4.39 Å². The summed E-state index contributed by atoms with van der Waals surface area (Å²) in [5, 5.41) is 4.56. The maximum absolute atomic E-state index is 12.9. The van der Waals surface area contributed by atoms with E-state index in [2.05, 4.69) is 11.4 Å². The van der Waals surface area contributed by atoms with E-state index in [1.54, 1.807) is 17.4 Å². The van der Waals surface area contributed by atoms with Crippen LogP contribution in [0.5, 0.6) is 0 Å². The van der Waals surface area contributed by atoms with Gasteiger partial charge in [-0.05, 0) is 52.9 Å². The van der Waals surface area contributed by atoms with Gasteiger partial charge in [0.1, 0.15) is 5.82 Å². The summed E-state index contributed by atoms with van der Waals surface area (Å²) in [7, 11) is 0. The second kappa shape index (κ2) is 5.63. The van der Waals surface area contributed by atoms with Crippen LogP contribution in [0, 0.1) is 5.82 Å². The Hall–Kier alpha value is -0.900. The van der Waals surface area contributed by atoms with Gasteiger partial charge >= 0.3 is 0 Å². The van der Waals surface area contributed by atoms with Crippen molar-refractivity contribution in [3.05, 3.63) is 57.0 Å². The van der Waals surface area contributed by atoms with E-state index >= 15 is 0 Å². The van der Waals surface area contributed by atoms with Gasteiger partial charge in [-0.1, -0.05) is 17.7 Å². The van der Waals surface area contributed by atoms with E-state index in [9.17, 15) is 4.39 Å². The SMILES string of the molecule is NC(CCc1ccsc1)c1ccc(F)cc1Cl. The molecule has 17 heavy (non-hydrogen) atoms. The van der Waals surface area contributed by atoms with Crippen LogP contribution >= 0.6 is 22.9 Å². The Kier molecular flexibility index (Phi) is 4.15. The quantitative estimate of drug-likeness (QED) is 0.886. The van der Waals surface area contributed by atoms with Crippen molar-refractivity contribution in [2.45, 2.75) is 18.9 Å². The summed E-state index contributed by atoms with van der Waals surface area (Å²) in [4.78, 5) is 0. The lowest BCUT2D eigenvalue weighted by molar-refractivity contribution is 0.619. The van der Waals surface area contributed by atoms with Crippen molar-refractivity contribution in [1.82, 2.24) is 0 Å². The molecule has 0 spiro atoms. The summed E-state index contributed by atoms with van der Waals surface area (Å²) >= 11 is 7.64. The molecule has 2 aromatic rings. The third-order valence-electron chi connectivity index (χ3n) is 2.69. The molecular formula is C13H13ClFNS. The number of nitrogens with two attached hydrogens (primary N) is 1. The average Bonchev–Trinajstić information content (AvgIpc) is 2.78. The van der Waals surface area contributed by atoms with Crippen LogP contribution in [0.25, 0.3) is 0 Å². The molecule has 0 aliphatic carbocycles. The monoisotopic (exact) mass is 269 g/mol. The fraction of sp³-hybridized carbons (Fsp3) is 0.231. The first-order valence-corrected chi connectivity index (χ1v) is 6.70. The normalized spacial score (nSPS) is 12.6. The van der Waals surface area contributed by atoms with Gasteiger partial charge in [0.05, 0.1) is 0 Å². The van der Waals surface area contributed by atoms with Crippen molar-refractivity contribution in [2.75, 3.05) is 0 Å². The van der Waals surface area contributed by atoms with Gasteiger partial charge in [-0.25, -0.2) is 4.39 Å². The van der Waals surface area contributed by atoms with Crippen LogP contribution in [0.15, 0.2) is 35.0 Å². The molecule has 0 radical (unpaired) electrons. The van der Waals surface area contributed by atoms with Gasteiger partial charge in [0.25, 0.3) is 0 Å². The van der Waals surface area contributed by atoms with E-state index in [0.29, 0.717) is 5.02 Å². The molecule has 1 nitrogen and oxygen atoms in total. The Morgan fingerprint density at radius 3 is 2.82 bits per heavy atom. The lowest BCUT2D eigenvalue weighted by Crippen LogP contribution is -2.11. The lowest BCUT2D eigenvalue weighted by atomic mass is 10.0. The Labute approximate surface area is 109 Å². The molecule has 1 aromatic carbocycles. The number of hydrogen-bond acceptors (Lipinski definition) is 2. The summed E-state index contributed by atoms with van der Waals surface area (Å²) < 4.78 is 12.9. The van der Waals surface area contributed by atoms with Crippen molar-refractivity contribution in [1.29, 1.82) is 0 Å². The van der Waals surface area contributed by atoms with Gasteiger partial charge < -0.3 is 5.73 Å². The minimum Gasteiger partial charge on any atom is -0.324 e. The highest BCUT2D eigenvalue weighted by molar-refractivity contribution is 7.07. The first-order valence-electron chi connectivity index (χ1n) is 5.38. The third-order valence-corrected chi connectivity index (χ3v) is 3.75. The van der Waals surface area contributed by atoms with Crippen LogP contribution in [0.3, 0.4) is 0 Å². The topological polar surface area (TPSA) is 26.0 Å². The summed E-state index contributed by atoms with van der Waals surface area (Å²) in [5.41, 5.74) is 8.15. The second-order valence-corrected chi connectivity index (χ2v) is 5.13. The molecule has 1 unspecified atom stereocenters. The highest BCUT2D eigenvalue weighted by atomic mass is 35.5. The number of benzene rings is 1. The van der Waals surface area contributed by atoms with Gasteiger partial charge in [0.15, 0.2) is 0 Å². The van der Waals surface area contributed by atoms with Gasteiger partial charge in [0.2, 0.25) is 0 Å². The van der Waals surface area contributed by atoms with Crippen LogP contribution < -0.4 is 5.73 Å². The van der Waals surface area contributed by atoms with Crippen LogP contribution in [-0.4, -0.2) is 0 Å². The van der Waals surface area contributed by atoms with Crippen LogP contribution in [0.2, 0.25) is 5.02 Å². The Morgan fingerprint density at radius 2 is 2.18 bits per heavy atom. The maximum Gasteiger partial charge on any atom is 0.124 e. The molecule has 0 fully saturated rings. The molecule has 0 amide bonds. The Bertz CT molecular complexity index is 484. The molecule has 0 aliphatic rings. The fourth-order valence-corrected chi connectivity index (χ4v) is 2.73. The third kappa shape index (κ3) is 3.28. The van der Waals surface area contributed by atoms with E-state index in [1.165, 1.54) is 17.7 Å². The minimum absolute atomic E-state index is 0.150. The smallest absolute Gasteiger partial charge is 0.124 e. The number of halogens is 2. The first-order chi connectivity index (χ1) is 8.16. The molecular weight excluding hydrogens is 257 g/mol. The molecule has 0 aliphatic heterocycles. The van der Waals surface area contributed by atoms with E-state index < -0.39 is 0 Å². The predicted molar refractivity (Wildman–Crippen MR) is 71.0 cm³/mol. The molecule has 2 rings (SSSR count). The van der Waals surface area contributed by atoms with Crippen LogP contribution in [-0.2, 0) is 6.42 Å². The molecule has 1 aromatic heterocycles. The van der Waals surface area contributed by atoms with Crippen molar-refractivity contribution in [3.63, 3.8) is 0 Å². The number of thiophene rings is 1. The molecule has 0 saturated heterocycles. The first kappa shape index (κ1) is 12.6. The van der Waals surface area contributed by atoms with Gasteiger partial charge in [-0.3, -0.25) is 0 Å². The van der Waals surface area contributed by atoms with Crippen molar-refractivity contribution >= 4 is 22.9 Å². The summed E-state index contributed by atoms with van der Waals surface area (Å²) in [6.07, 6.45) is 1.72. The molecule has 0 saturated carbocycles. The highest BCUT2D eigenvalue weighted by Crippen LogP contribution is 2.25. The fourth-order valence-electron chi connectivity index (χ4n) is 1.71. The van der Waals surface area contributed by atoms with E-state index in [4.69, 9.17) is 17.3 Å². The molecule has 90 valence electrons. The lowest BCUT2D eigenvalue weighted by Gasteiger charge is -2.13. The van der Waals surface area contributed by atoms with E-state index in [1.807, 2.05) is 5.38 Å². The molecule has 0 bridgehead atoms. The van der Waals surface area contributed by atoms with Crippen molar-refractivity contribution in [2.24, 2.45) is 5.73 Å². The second-order valence-electron chi connectivity index (χ2n) is 3.94. The van der Waals surface area contributed by atoms with Crippen molar-refractivity contribution < 1.29 is 4.39 Å². The van der Waals surface area contributed by atoms with Crippen molar-refractivity contribution in [3.8, 4) is 0 Å². The molecule has 4 heteroatoms. The maximum atomic E-state index is 12.9. The molecule has 2 N–H and O–H groups in total. The molecule has 1 heterocycles. The van der Waals surface area contributed by atoms with Crippen LogP contribution in [0.1, 0.15) is 23.6 Å². The van der Waals surface area contributed by atoms with E-state index in [0.717, 1.165) is 18.4 Å². The minimum atomic E-state index is -0.330. The Morgan fingerprint density at radius 1 is 1.35 bits per heavy atom. The largest absolute Gasteiger partial charge is 0.324 e. The van der Waals surface area contributed by atoms with E-state index in [-0.39, 0.29) is 11.9 Å². The number of hydrogen-bond donors (Lipinski definition) is 1.